The fourth-order valence-electron chi connectivity index (χ4n) is 3.27. The Morgan fingerprint density at radius 3 is 2.00 bits per heavy atom. The second kappa shape index (κ2) is 17.4. The molecule has 0 bridgehead atoms. The monoisotopic (exact) mass is 516 g/mol. The van der Waals surface area contributed by atoms with E-state index >= 15 is 0 Å². The molecule has 0 aliphatic heterocycles. The number of rotatable bonds is 9. The van der Waals surface area contributed by atoms with Crippen LogP contribution in [0.15, 0.2) is 79.4 Å². The summed E-state index contributed by atoms with van der Waals surface area (Å²) in [7, 11) is 0. The van der Waals surface area contributed by atoms with Crippen molar-refractivity contribution in [2.24, 2.45) is 0 Å². The predicted octanol–water partition coefficient (Wildman–Crippen LogP) is 7.45. The number of ketones is 2. The Bertz CT molecular complexity index is 1170. The number of Topliss-reactive ketones (excluding diaryl/α,β-unsaturated/α-hetero) is 2. The van der Waals surface area contributed by atoms with Crippen molar-refractivity contribution >= 4 is 17.5 Å². The number of aromatic nitrogens is 1. The molecular formula is C32H40N2O4. The molecule has 0 saturated heterocycles. The van der Waals surface area contributed by atoms with Crippen molar-refractivity contribution in [2.45, 2.75) is 66.8 Å². The Kier molecular flexibility index (Phi) is 14.6. The fourth-order valence-corrected chi connectivity index (χ4v) is 3.27. The molecular weight excluding hydrogens is 476 g/mol. The van der Waals surface area contributed by atoms with Gasteiger partial charge < -0.3 is 10.1 Å². The molecule has 1 amide bonds. The van der Waals surface area contributed by atoms with Crippen LogP contribution in [0.4, 0.5) is 0 Å². The van der Waals surface area contributed by atoms with Crippen molar-refractivity contribution in [3.05, 3.63) is 102 Å². The molecule has 1 atom stereocenters. The third kappa shape index (κ3) is 12.3. The summed E-state index contributed by atoms with van der Waals surface area (Å²) in [5, 5.41) is 2.86. The molecule has 1 aromatic heterocycles. The molecule has 38 heavy (non-hydrogen) atoms. The number of nitrogens with zero attached hydrogens (tertiary/aromatic N) is 1. The van der Waals surface area contributed by atoms with Gasteiger partial charge in [0.1, 0.15) is 5.75 Å². The van der Waals surface area contributed by atoms with Gasteiger partial charge in [-0.25, -0.2) is 4.98 Å². The zero-order valence-corrected chi connectivity index (χ0v) is 23.4. The zero-order chi connectivity index (χ0) is 28.5. The van der Waals surface area contributed by atoms with E-state index in [0.29, 0.717) is 22.9 Å². The van der Waals surface area contributed by atoms with Crippen molar-refractivity contribution in [3.8, 4) is 11.6 Å². The van der Waals surface area contributed by atoms with Crippen LogP contribution < -0.4 is 10.1 Å². The van der Waals surface area contributed by atoms with Crippen molar-refractivity contribution in [3.63, 3.8) is 0 Å². The number of carbonyl (C=O) groups is 3. The lowest BCUT2D eigenvalue weighted by Gasteiger charge is -2.13. The first-order chi connectivity index (χ1) is 18.1. The minimum atomic E-state index is -0.104. The Labute approximate surface area is 227 Å². The summed E-state index contributed by atoms with van der Waals surface area (Å²) in [4.78, 5) is 37.8. The average molecular weight is 517 g/mol. The van der Waals surface area contributed by atoms with E-state index in [9.17, 15) is 14.4 Å². The van der Waals surface area contributed by atoms with Crippen molar-refractivity contribution in [1.82, 2.24) is 10.3 Å². The Morgan fingerprint density at radius 1 is 0.921 bits per heavy atom. The molecule has 1 unspecified atom stereocenters. The molecule has 1 heterocycles. The second-order valence-electron chi connectivity index (χ2n) is 8.81. The lowest BCUT2D eigenvalue weighted by molar-refractivity contribution is -0.117. The first kappa shape index (κ1) is 32.0. The van der Waals surface area contributed by atoms with Gasteiger partial charge in [0.15, 0.2) is 11.6 Å². The topological polar surface area (TPSA) is 85.4 Å². The number of carbonyl (C=O) groups excluding carboxylic acids is 3. The maximum absolute atomic E-state index is 11.5. The molecule has 0 radical (unpaired) electrons. The third-order valence-corrected chi connectivity index (χ3v) is 5.46. The molecule has 0 aliphatic carbocycles. The Morgan fingerprint density at radius 2 is 1.55 bits per heavy atom. The second-order valence-corrected chi connectivity index (χ2v) is 8.81. The molecule has 6 nitrogen and oxygen atoms in total. The first-order valence-corrected chi connectivity index (χ1v) is 12.8. The average Bonchev–Trinajstić information content (AvgIpc) is 2.89. The van der Waals surface area contributed by atoms with Crippen LogP contribution in [0.1, 0.15) is 78.9 Å². The highest BCUT2D eigenvalue weighted by molar-refractivity contribution is 5.96. The summed E-state index contributed by atoms with van der Waals surface area (Å²) >= 11 is 0. The van der Waals surface area contributed by atoms with Crippen molar-refractivity contribution in [1.29, 1.82) is 0 Å². The van der Waals surface area contributed by atoms with Crippen LogP contribution in [0.2, 0.25) is 0 Å². The Balaban J connectivity index is 0.000000335. The van der Waals surface area contributed by atoms with Gasteiger partial charge in [-0.3, -0.25) is 14.4 Å². The maximum atomic E-state index is 11.5. The third-order valence-electron chi connectivity index (χ3n) is 5.46. The normalized spacial score (nSPS) is 10.5. The van der Waals surface area contributed by atoms with Gasteiger partial charge in [-0.1, -0.05) is 62.7 Å². The van der Waals surface area contributed by atoms with Crippen LogP contribution in [-0.4, -0.2) is 28.5 Å². The summed E-state index contributed by atoms with van der Waals surface area (Å²) < 4.78 is 5.64. The first-order valence-electron chi connectivity index (χ1n) is 12.8. The van der Waals surface area contributed by atoms with Crippen molar-refractivity contribution < 1.29 is 19.1 Å². The molecule has 0 spiro atoms. The van der Waals surface area contributed by atoms with Crippen LogP contribution in [0, 0.1) is 13.8 Å². The van der Waals surface area contributed by atoms with Gasteiger partial charge >= 0.3 is 0 Å². The number of aryl methyl sites for hydroxylation is 2. The van der Waals surface area contributed by atoms with Crippen LogP contribution >= 0.6 is 0 Å². The molecule has 3 aromatic rings. The molecule has 6 heteroatoms. The highest BCUT2D eigenvalue weighted by Gasteiger charge is 2.11. The van der Waals surface area contributed by atoms with Crippen LogP contribution in [-0.2, 0) is 4.79 Å². The summed E-state index contributed by atoms with van der Waals surface area (Å²) in [5.74, 6) is 0.650. The van der Waals surface area contributed by atoms with Gasteiger partial charge in [0.25, 0.3) is 0 Å². The standard InChI is InChI=1S/C16H15NO3.C9H17NO.C7H8/c1-10-4-9-15(12(3)19)16(17-10)20-14-7-5-13(6-8-14)11(2)18;1-4-7-8(5-2)10-9(11)6-3;1-7-5-3-2-4-6-7/h4-9H,1-3H3;6,8H,3-5,7H2,1-2H3,(H,10,11);2-6H,1H3. The number of pyridine rings is 1. The number of amides is 1. The zero-order valence-electron chi connectivity index (χ0n) is 23.4. The number of ether oxygens (including phenoxy) is 1. The van der Waals surface area contributed by atoms with E-state index in [0.717, 1.165) is 25.0 Å². The van der Waals surface area contributed by atoms with Gasteiger partial charge in [0.05, 0.1) is 5.56 Å². The number of hydrogen-bond donors (Lipinski definition) is 1. The Hall–Kier alpha value is -4.06. The minimum Gasteiger partial charge on any atom is -0.438 e. The molecule has 1 N–H and O–H groups in total. The maximum Gasteiger partial charge on any atom is 0.243 e. The van der Waals surface area contributed by atoms with Gasteiger partial charge in [0.2, 0.25) is 11.8 Å². The SMILES string of the molecule is C=CC(=O)NC(CC)CCC.CC(=O)c1ccc(Oc2nc(C)ccc2C(C)=O)cc1.Cc1ccccc1. The van der Waals surface area contributed by atoms with E-state index in [1.807, 2.05) is 25.1 Å². The number of hydrogen-bond acceptors (Lipinski definition) is 5. The van der Waals surface area contributed by atoms with E-state index in [2.05, 4.69) is 49.8 Å². The molecule has 2 aromatic carbocycles. The predicted molar refractivity (Wildman–Crippen MR) is 154 cm³/mol. The van der Waals surface area contributed by atoms with Crippen LogP contribution in [0.25, 0.3) is 0 Å². The number of benzene rings is 2. The van der Waals surface area contributed by atoms with E-state index in [1.165, 1.54) is 25.5 Å². The quantitative estimate of drug-likeness (QED) is 0.236. The fraction of sp³-hybridized carbons (Fsp3) is 0.312. The minimum absolute atomic E-state index is 0.00495. The highest BCUT2D eigenvalue weighted by atomic mass is 16.5. The molecule has 202 valence electrons. The van der Waals surface area contributed by atoms with E-state index in [1.54, 1.807) is 36.4 Å². The van der Waals surface area contributed by atoms with Gasteiger partial charge in [0, 0.05) is 17.3 Å². The summed E-state index contributed by atoms with van der Waals surface area (Å²) in [6.07, 6.45) is 4.47. The largest absolute Gasteiger partial charge is 0.438 e. The molecule has 0 fully saturated rings. The molecule has 3 rings (SSSR count). The lowest BCUT2D eigenvalue weighted by atomic mass is 10.1. The van der Waals surface area contributed by atoms with Crippen molar-refractivity contribution in [2.75, 3.05) is 0 Å². The summed E-state index contributed by atoms with van der Waals surface area (Å²) in [6.45, 7) is 14.5. The van der Waals surface area contributed by atoms with Crippen LogP contribution in [0.5, 0.6) is 11.6 Å². The summed E-state index contributed by atoms with van der Waals surface area (Å²) in [5.41, 5.74) is 3.14. The van der Waals surface area contributed by atoms with E-state index < -0.39 is 0 Å². The smallest absolute Gasteiger partial charge is 0.243 e. The molecule has 0 aliphatic rings. The number of nitrogens with one attached hydrogen (secondary N) is 1. The highest BCUT2D eigenvalue weighted by Crippen LogP contribution is 2.24. The van der Waals surface area contributed by atoms with Crippen LogP contribution in [0.3, 0.4) is 0 Å². The van der Waals surface area contributed by atoms with Gasteiger partial charge in [-0.05, 0) is 83.0 Å². The lowest BCUT2D eigenvalue weighted by Crippen LogP contribution is -2.32. The van der Waals surface area contributed by atoms with E-state index in [4.69, 9.17) is 4.74 Å². The van der Waals surface area contributed by atoms with E-state index in [-0.39, 0.29) is 23.4 Å². The summed E-state index contributed by atoms with van der Waals surface area (Å²) in [6, 6.07) is 20.8. The van der Waals surface area contributed by atoms with Gasteiger partial charge in [-0.15, -0.1) is 0 Å². The molecule has 0 saturated carbocycles. The van der Waals surface area contributed by atoms with Gasteiger partial charge in [-0.2, -0.15) is 0 Å².